The highest BCUT2D eigenvalue weighted by atomic mass is 32.2. The number of guanidine groups is 2. The first-order valence-electron chi connectivity index (χ1n) is 14.3. The van der Waals surface area contributed by atoms with Crippen molar-refractivity contribution in [2.45, 2.75) is 75.2 Å². The third kappa shape index (κ3) is 18.4. The Kier molecular flexibility index (Phi) is 20.8. The molecule has 0 aliphatic carbocycles. The van der Waals surface area contributed by atoms with Gasteiger partial charge in [0.25, 0.3) is 0 Å². The van der Waals surface area contributed by atoms with Crippen LogP contribution in [-0.4, -0.2) is 125 Å². The second kappa shape index (κ2) is 23.0. The molecule has 0 saturated heterocycles. The van der Waals surface area contributed by atoms with Gasteiger partial charge in [0.05, 0.1) is 12.6 Å². The quantitative estimate of drug-likeness (QED) is 0.0260. The van der Waals surface area contributed by atoms with Gasteiger partial charge >= 0.3 is 11.9 Å². The number of carbonyl (C=O) groups excluding carboxylic acids is 4. The Morgan fingerprint density at radius 1 is 0.696 bits per heavy atom. The number of carboxylic acids is 2. The zero-order valence-electron chi connectivity index (χ0n) is 25.6. The molecule has 0 saturated carbocycles. The highest BCUT2D eigenvalue weighted by Crippen LogP contribution is 2.07. The Balaban J connectivity index is 5.90. The van der Waals surface area contributed by atoms with Gasteiger partial charge < -0.3 is 64.4 Å². The van der Waals surface area contributed by atoms with Crippen LogP contribution in [0.2, 0.25) is 0 Å². The molecule has 0 aromatic heterocycles. The molecular weight excluding hydrogens is 630 g/mol. The third-order valence-corrected chi connectivity index (χ3v) is 6.93. The molecule has 4 amide bonds. The van der Waals surface area contributed by atoms with E-state index in [1.807, 2.05) is 0 Å². The Labute approximate surface area is 270 Å². The van der Waals surface area contributed by atoms with E-state index in [2.05, 4.69) is 31.9 Å². The molecule has 17 N–H and O–H groups in total. The van der Waals surface area contributed by atoms with Crippen LogP contribution in [-0.2, 0) is 28.8 Å². The van der Waals surface area contributed by atoms with Gasteiger partial charge in [0, 0.05) is 19.5 Å². The minimum atomic E-state index is -1.62. The number of nitrogens with one attached hydrogen (secondary N) is 8. The van der Waals surface area contributed by atoms with Gasteiger partial charge in [-0.1, -0.05) is 0 Å². The molecule has 0 radical (unpaired) electrons. The van der Waals surface area contributed by atoms with E-state index in [9.17, 15) is 44.1 Å². The van der Waals surface area contributed by atoms with E-state index >= 15 is 0 Å². The van der Waals surface area contributed by atoms with Crippen LogP contribution in [0.4, 0.5) is 0 Å². The van der Waals surface area contributed by atoms with Gasteiger partial charge in [-0.15, -0.1) is 0 Å². The second-order valence-electron chi connectivity index (χ2n) is 10.1. The third-order valence-electron chi connectivity index (χ3n) is 6.28. The zero-order chi connectivity index (χ0) is 35.2. The van der Waals surface area contributed by atoms with Crippen LogP contribution in [0.25, 0.3) is 0 Å². The van der Waals surface area contributed by atoms with Crippen LogP contribution in [0.1, 0.15) is 44.9 Å². The molecule has 0 aliphatic heterocycles. The Morgan fingerprint density at radius 2 is 1.13 bits per heavy atom. The molecule has 46 heavy (non-hydrogen) atoms. The van der Waals surface area contributed by atoms with Gasteiger partial charge in [0.2, 0.25) is 23.6 Å². The Morgan fingerprint density at radius 3 is 1.57 bits per heavy atom. The van der Waals surface area contributed by atoms with Crippen molar-refractivity contribution in [1.82, 2.24) is 31.9 Å². The number of rotatable bonds is 24. The van der Waals surface area contributed by atoms with Crippen LogP contribution in [0.5, 0.6) is 0 Å². The fraction of sp³-hybridized carbons (Fsp3) is 0.680. The van der Waals surface area contributed by atoms with Crippen LogP contribution >= 0.6 is 11.8 Å². The molecule has 0 spiro atoms. The lowest BCUT2D eigenvalue weighted by molar-refractivity contribution is -0.143. The van der Waals surface area contributed by atoms with E-state index in [0.29, 0.717) is 12.2 Å². The molecule has 5 atom stereocenters. The van der Waals surface area contributed by atoms with Crippen LogP contribution in [0.3, 0.4) is 0 Å². The van der Waals surface area contributed by atoms with Crippen LogP contribution < -0.4 is 49.1 Å². The highest BCUT2D eigenvalue weighted by molar-refractivity contribution is 7.98. The summed E-state index contributed by atoms with van der Waals surface area (Å²) in [6.45, 7) is -0.495. The molecule has 0 fully saturated rings. The Bertz CT molecular complexity index is 1070. The van der Waals surface area contributed by atoms with E-state index in [1.54, 1.807) is 6.26 Å². The summed E-state index contributed by atoms with van der Waals surface area (Å²) in [6, 6.07) is -6.69. The number of thioether (sulfide) groups is 1. The number of hydrogen-bond donors (Lipinski definition) is 14. The minimum absolute atomic E-state index is 0.0502. The van der Waals surface area contributed by atoms with Crippen LogP contribution in [0.15, 0.2) is 0 Å². The van der Waals surface area contributed by atoms with Crippen LogP contribution in [0, 0.1) is 10.8 Å². The number of nitrogens with two attached hydrogens (primary N) is 3. The van der Waals surface area contributed by atoms with Gasteiger partial charge in [-0.25, -0.2) is 4.79 Å². The monoisotopic (exact) mass is 677 g/mol. The van der Waals surface area contributed by atoms with Crippen molar-refractivity contribution < 1.29 is 44.1 Å². The average molecular weight is 678 g/mol. The molecule has 20 nitrogen and oxygen atoms in total. The van der Waals surface area contributed by atoms with Crippen molar-refractivity contribution in [3.05, 3.63) is 0 Å². The normalized spacial score (nSPS) is 13.9. The Hall–Kier alpha value is -4.37. The first-order chi connectivity index (χ1) is 21.6. The fourth-order valence-electron chi connectivity index (χ4n) is 3.80. The summed E-state index contributed by atoms with van der Waals surface area (Å²) in [4.78, 5) is 74.8. The number of aliphatic hydroxyl groups excluding tert-OH is 1. The second-order valence-corrected chi connectivity index (χ2v) is 11.0. The maximum Gasteiger partial charge on any atom is 0.328 e. The topological polar surface area (TPSA) is 361 Å². The number of aliphatic carboxylic acids is 2. The SMILES string of the molecule is CSCC[C@H](NC(=O)[C@H](CCCNC(=N)N)NC(=O)[C@H](CCC(=O)O)NC(=O)[C@@H](N)CCCNC(=N)N)C(=O)N[C@@H](CO)C(=O)O. The minimum Gasteiger partial charge on any atom is -0.481 e. The van der Waals surface area contributed by atoms with E-state index in [1.165, 1.54) is 11.8 Å². The largest absolute Gasteiger partial charge is 0.481 e. The lowest BCUT2D eigenvalue weighted by Gasteiger charge is -2.26. The molecule has 0 aliphatic rings. The van der Waals surface area contributed by atoms with Crippen molar-refractivity contribution in [3.63, 3.8) is 0 Å². The van der Waals surface area contributed by atoms with Crippen molar-refractivity contribution >= 4 is 59.2 Å². The smallest absolute Gasteiger partial charge is 0.328 e. The standard InChI is InChI=1S/C25H47N11O9S/c1-46-11-8-16(22(43)36-17(12-37)23(44)45)35-20(41)14(5-3-10-32-25(29)30)34-21(42)15(6-7-18(38)39)33-19(40)13(26)4-2-9-31-24(27)28/h13-17,37H,2-12,26H2,1H3,(H,33,40)(H,34,42)(H,35,41)(H,36,43)(H,38,39)(H,44,45)(H4,27,28,31)(H4,29,30,32)/t13-,14-,15-,16-,17-/m0/s1. The number of hydrogen-bond acceptors (Lipinski definition) is 11. The van der Waals surface area contributed by atoms with Gasteiger partial charge in [0.1, 0.15) is 24.2 Å². The summed E-state index contributed by atoms with van der Waals surface area (Å²) in [5.74, 6) is -6.34. The van der Waals surface area contributed by atoms with E-state index in [-0.39, 0.29) is 57.1 Å². The average Bonchev–Trinajstić information content (AvgIpc) is 2.98. The summed E-state index contributed by atoms with van der Waals surface area (Å²) in [5.41, 5.74) is 16.4. The molecule has 262 valence electrons. The van der Waals surface area contributed by atoms with Crippen molar-refractivity contribution in [2.24, 2.45) is 17.2 Å². The predicted octanol–water partition coefficient (Wildman–Crippen LogP) is -4.53. The van der Waals surface area contributed by atoms with Gasteiger partial charge in [-0.3, -0.25) is 34.8 Å². The summed E-state index contributed by atoms with van der Waals surface area (Å²) in [6.07, 6.45) is 1.60. The maximum atomic E-state index is 13.4. The molecule has 0 unspecified atom stereocenters. The summed E-state index contributed by atoms with van der Waals surface area (Å²) in [5, 5.41) is 56.7. The predicted molar refractivity (Wildman–Crippen MR) is 169 cm³/mol. The molecule has 0 heterocycles. The van der Waals surface area contributed by atoms with Gasteiger partial charge in [0.15, 0.2) is 11.9 Å². The molecule has 0 aromatic carbocycles. The molecule has 0 rings (SSSR count). The molecule has 0 bridgehead atoms. The molecular formula is C25H47N11O9S. The highest BCUT2D eigenvalue weighted by Gasteiger charge is 2.31. The first-order valence-corrected chi connectivity index (χ1v) is 15.7. The molecule has 0 aromatic rings. The lowest BCUT2D eigenvalue weighted by Crippen LogP contribution is -2.58. The number of carbonyl (C=O) groups is 6. The van der Waals surface area contributed by atoms with Crippen molar-refractivity contribution in [1.29, 1.82) is 10.8 Å². The number of aliphatic hydroxyl groups is 1. The van der Waals surface area contributed by atoms with Crippen molar-refractivity contribution in [3.8, 4) is 0 Å². The summed E-state index contributed by atoms with van der Waals surface area (Å²) in [7, 11) is 0. The molecule has 21 heteroatoms. The summed E-state index contributed by atoms with van der Waals surface area (Å²) >= 11 is 1.35. The summed E-state index contributed by atoms with van der Waals surface area (Å²) < 4.78 is 0. The van der Waals surface area contributed by atoms with Gasteiger partial charge in [-0.05, 0) is 50.5 Å². The van der Waals surface area contributed by atoms with Crippen molar-refractivity contribution in [2.75, 3.05) is 31.7 Å². The van der Waals surface area contributed by atoms with E-state index in [0.717, 1.165) is 0 Å². The lowest BCUT2D eigenvalue weighted by atomic mass is 10.1. The van der Waals surface area contributed by atoms with Gasteiger partial charge in [-0.2, -0.15) is 11.8 Å². The number of carboxylic acid groups (broad SMARTS) is 2. The fourth-order valence-corrected chi connectivity index (χ4v) is 4.27. The first kappa shape index (κ1) is 41.6. The van der Waals surface area contributed by atoms with E-state index in [4.69, 9.17) is 28.0 Å². The zero-order valence-corrected chi connectivity index (χ0v) is 26.4. The maximum absolute atomic E-state index is 13.4. The number of amides is 4. The van der Waals surface area contributed by atoms with E-state index < -0.39 is 78.8 Å².